The van der Waals surface area contributed by atoms with Gasteiger partial charge in [0.05, 0.1) is 0 Å². The van der Waals surface area contributed by atoms with Gasteiger partial charge in [-0.1, -0.05) is 42.1 Å². The van der Waals surface area contributed by atoms with E-state index in [4.69, 9.17) is 0 Å². The number of alkyl halides is 1. The summed E-state index contributed by atoms with van der Waals surface area (Å²) in [5.74, 6) is 0. The SMILES string of the molecule is CCN(C)CC1(CBr)CCCCC1. The number of nitrogens with zero attached hydrogens (tertiary/aromatic N) is 1. The average Bonchev–Trinajstić information content (AvgIpc) is 2.19. The Labute approximate surface area is 91.0 Å². The molecule has 1 rings (SSSR count). The zero-order chi connectivity index (χ0) is 9.73. The fourth-order valence-electron chi connectivity index (χ4n) is 2.32. The molecule has 1 saturated carbocycles. The van der Waals surface area contributed by atoms with Crippen LogP contribution in [0.2, 0.25) is 0 Å². The Bertz CT molecular complexity index is 141. The molecule has 2 heteroatoms. The molecule has 1 fully saturated rings. The number of hydrogen-bond donors (Lipinski definition) is 0. The molecule has 0 aliphatic heterocycles. The molecule has 0 spiro atoms. The standard InChI is InChI=1S/C11H22BrN/c1-3-13(2)10-11(9-12)7-5-4-6-8-11/h3-10H2,1-2H3. The smallest absolute Gasteiger partial charge is 0.0100 e. The van der Waals surface area contributed by atoms with Crippen LogP contribution in [0.15, 0.2) is 0 Å². The number of rotatable bonds is 4. The highest BCUT2D eigenvalue weighted by Gasteiger charge is 2.31. The van der Waals surface area contributed by atoms with E-state index in [0.717, 1.165) is 0 Å². The van der Waals surface area contributed by atoms with Gasteiger partial charge in [-0.3, -0.25) is 0 Å². The summed E-state index contributed by atoms with van der Waals surface area (Å²) in [6.45, 7) is 4.69. The van der Waals surface area contributed by atoms with Gasteiger partial charge in [-0.05, 0) is 31.8 Å². The lowest BCUT2D eigenvalue weighted by Crippen LogP contribution is -2.38. The minimum absolute atomic E-state index is 0.586. The lowest BCUT2D eigenvalue weighted by atomic mass is 9.75. The summed E-state index contributed by atoms with van der Waals surface area (Å²) in [4.78, 5) is 2.45. The van der Waals surface area contributed by atoms with E-state index in [1.165, 1.54) is 50.5 Å². The third-order valence-electron chi connectivity index (χ3n) is 3.34. The maximum atomic E-state index is 3.70. The second kappa shape index (κ2) is 5.35. The van der Waals surface area contributed by atoms with E-state index in [9.17, 15) is 0 Å². The van der Waals surface area contributed by atoms with E-state index in [1.54, 1.807) is 0 Å². The highest BCUT2D eigenvalue weighted by atomic mass is 79.9. The molecule has 0 heterocycles. The van der Waals surface area contributed by atoms with Gasteiger partial charge < -0.3 is 4.90 Å². The zero-order valence-electron chi connectivity index (χ0n) is 8.98. The van der Waals surface area contributed by atoms with E-state index >= 15 is 0 Å². The third-order valence-corrected chi connectivity index (χ3v) is 4.53. The molecule has 0 aromatic heterocycles. The second-order valence-corrected chi connectivity index (χ2v) is 5.09. The van der Waals surface area contributed by atoms with E-state index < -0.39 is 0 Å². The fraction of sp³-hybridized carbons (Fsp3) is 1.00. The van der Waals surface area contributed by atoms with Crippen LogP contribution >= 0.6 is 15.9 Å². The molecule has 0 aromatic carbocycles. The Morgan fingerprint density at radius 2 is 1.85 bits per heavy atom. The van der Waals surface area contributed by atoms with Crippen molar-refractivity contribution in [3.05, 3.63) is 0 Å². The van der Waals surface area contributed by atoms with Crippen LogP contribution in [0.3, 0.4) is 0 Å². The topological polar surface area (TPSA) is 3.24 Å². The summed E-state index contributed by atoms with van der Waals surface area (Å²) in [6, 6.07) is 0. The molecule has 0 radical (unpaired) electrons. The summed E-state index contributed by atoms with van der Waals surface area (Å²) in [5, 5.41) is 1.18. The predicted molar refractivity (Wildman–Crippen MR) is 62.5 cm³/mol. The van der Waals surface area contributed by atoms with Crippen molar-refractivity contribution in [1.29, 1.82) is 0 Å². The van der Waals surface area contributed by atoms with E-state index in [0.29, 0.717) is 5.41 Å². The van der Waals surface area contributed by atoms with Gasteiger partial charge in [0, 0.05) is 11.9 Å². The van der Waals surface area contributed by atoms with Crippen LogP contribution in [0.4, 0.5) is 0 Å². The van der Waals surface area contributed by atoms with Gasteiger partial charge in [0.1, 0.15) is 0 Å². The lowest BCUT2D eigenvalue weighted by molar-refractivity contribution is 0.149. The first-order chi connectivity index (χ1) is 6.22. The number of hydrogen-bond acceptors (Lipinski definition) is 1. The van der Waals surface area contributed by atoms with Crippen molar-refractivity contribution >= 4 is 15.9 Å². The number of halogens is 1. The van der Waals surface area contributed by atoms with Gasteiger partial charge in [0.25, 0.3) is 0 Å². The first-order valence-electron chi connectivity index (χ1n) is 5.47. The first-order valence-corrected chi connectivity index (χ1v) is 6.59. The van der Waals surface area contributed by atoms with Crippen LogP contribution in [-0.4, -0.2) is 30.4 Å². The molecular weight excluding hydrogens is 226 g/mol. The van der Waals surface area contributed by atoms with Crippen molar-refractivity contribution in [2.24, 2.45) is 5.41 Å². The third kappa shape index (κ3) is 3.25. The second-order valence-electron chi connectivity index (χ2n) is 4.52. The molecule has 1 nitrogen and oxygen atoms in total. The van der Waals surface area contributed by atoms with Crippen LogP contribution in [0.25, 0.3) is 0 Å². The first kappa shape index (κ1) is 11.5. The largest absolute Gasteiger partial charge is 0.306 e. The molecule has 0 saturated heterocycles. The van der Waals surface area contributed by atoms with E-state index in [2.05, 4.69) is 34.8 Å². The van der Waals surface area contributed by atoms with Crippen molar-refractivity contribution in [3.8, 4) is 0 Å². The monoisotopic (exact) mass is 247 g/mol. The molecule has 0 N–H and O–H groups in total. The molecule has 0 unspecified atom stereocenters. The Balaban J connectivity index is 2.47. The predicted octanol–water partition coefficient (Wildman–Crippen LogP) is 3.28. The van der Waals surface area contributed by atoms with Gasteiger partial charge in [-0.2, -0.15) is 0 Å². The Morgan fingerprint density at radius 3 is 2.31 bits per heavy atom. The Hall–Kier alpha value is 0.440. The van der Waals surface area contributed by atoms with E-state index in [1.807, 2.05) is 0 Å². The molecular formula is C11H22BrN. The zero-order valence-corrected chi connectivity index (χ0v) is 10.6. The molecule has 1 aliphatic carbocycles. The van der Waals surface area contributed by atoms with Crippen LogP contribution in [0.1, 0.15) is 39.0 Å². The van der Waals surface area contributed by atoms with Gasteiger partial charge in [0.15, 0.2) is 0 Å². The van der Waals surface area contributed by atoms with Crippen molar-refractivity contribution in [2.75, 3.05) is 25.5 Å². The molecule has 0 bridgehead atoms. The maximum absolute atomic E-state index is 3.70. The molecule has 1 aliphatic rings. The highest BCUT2D eigenvalue weighted by molar-refractivity contribution is 9.09. The van der Waals surface area contributed by atoms with Gasteiger partial charge in [0.2, 0.25) is 0 Å². The van der Waals surface area contributed by atoms with Crippen LogP contribution in [0, 0.1) is 5.41 Å². The molecule has 0 aromatic rings. The molecule has 0 atom stereocenters. The van der Waals surface area contributed by atoms with Crippen molar-refractivity contribution in [2.45, 2.75) is 39.0 Å². The van der Waals surface area contributed by atoms with Gasteiger partial charge in [-0.15, -0.1) is 0 Å². The van der Waals surface area contributed by atoms with E-state index in [-0.39, 0.29) is 0 Å². The minimum atomic E-state index is 0.586. The van der Waals surface area contributed by atoms with Crippen molar-refractivity contribution < 1.29 is 0 Å². The summed E-state index contributed by atoms with van der Waals surface area (Å²) >= 11 is 3.70. The highest BCUT2D eigenvalue weighted by Crippen LogP contribution is 2.38. The summed E-state index contributed by atoms with van der Waals surface area (Å²) in [5.41, 5.74) is 0.586. The van der Waals surface area contributed by atoms with Gasteiger partial charge >= 0.3 is 0 Å². The molecule has 78 valence electrons. The quantitative estimate of drug-likeness (QED) is 0.690. The maximum Gasteiger partial charge on any atom is 0.0100 e. The summed E-state index contributed by atoms with van der Waals surface area (Å²) in [7, 11) is 2.24. The minimum Gasteiger partial charge on any atom is -0.306 e. The average molecular weight is 248 g/mol. The molecule has 0 amide bonds. The van der Waals surface area contributed by atoms with Crippen molar-refractivity contribution in [3.63, 3.8) is 0 Å². The van der Waals surface area contributed by atoms with Gasteiger partial charge in [-0.25, -0.2) is 0 Å². The van der Waals surface area contributed by atoms with Crippen LogP contribution < -0.4 is 0 Å². The lowest BCUT2D eigenvalue weighted by Gasteiger charge is -2.38. The van der Waals surface area contributed by atoms with Crippen LogP contribution in [-0.2, 0) is 0 Å². The summed E-state index contributed by atoms with van der Waals surface area (Å²) in [6.07, 6.45) is 7.15. The van der Waals surface area contributed by atoms with Crippen LogP contribution in [0.5, 0.6) is 0 Å². The normalized spacial score (nSPS) is 22.2. The Morgan fingerprint density at radius 1 is 1.23 bits per heavy atom. The molecule has 13 heavy (non-hydrogen) atoms. The van der Waals surface area contributed by atoms with Crippen molar-refractivity contribution in [1.82, 2.24) is 4.90 Å². The Kier molecular flexibility index (Phi) is 4.74. The fourth-order valence-corrected chi connectivity index (χ4v) is 3.06. The summed E-state index contributed by atoms with van der Waals surface area (Å²) < 4.78 is 0.